The Morgan fingerprint density at radius 2 is 2.38 bits per heavy atom. The third kappa shape index (κ3) is 2.19. The van der Waals surface area contributed by atoms with Crippen LogP contribution in [0.3, 0.4) is 0 Å². The number of nitrogens with one attached hydrogen (secondary N) is 2. The monoisotopic (exact) mass is 185 g/mol. The van der Waals surface area contributed by atoms with E-state index in [2.05, 4.69) is 15.0 Å². The number of aromatic amines is 1. The van der Waals surface area contributed by atoms with Crippen LogP contribution in [0.4, 0.5) is 16.4 Å². The summed E-state index contributed by atoms with van der Waals surface area (Å²) >= 11 is 0. The van der Waals surface area contributed by atoms with E-state index in [9.17, 15) is 14.9 Å². The first kappa shape index (κ1) is 9.04. The van der Waals surface area contributed by atoms with Gasteiger partial charge in [-0.05, 0) is 4.92 Å². The van der Waals surface area contributed by atoms with Gasteiger partial charge in [0.1, 0.15) is 0 Å². The van der Waals surface area contributed by atoms with Crippen LogP contribution in [0.25, 0.3) is 0 Å². The van der Waals surface area contributed by atoms with Gasteiger partial charge in [0.05, 0.1) is 7.11 Å². The lowest BCUT2D eigenvalue weighted by Gasteiger charge is -1.96. The highest BCUT2D eigenvalue weighted by Gasteiger charge is 2.10. The average Bonchev–Trinajstić information content (AvgIpc) is 2.52. The van der Waals surface area contributed by atoms with Crippen LogP contribution in [0.1, 0.15) is 0 Å². The smallest absolute Gasteiger partial charge is 0.414 e. The van der Waals surface area contributed by atoms with Crippen molar-refractivity contribution >= 4 is 17.7 Å². The second-order valence-electron chi connectivity index (χ2n) is 2.13. The minimum atomic E-state index is -0.684. The van der Waals surface area contributed by atoms with E-state index in [1.807, 2.05) is 0 Å². The molecule has 0 bridgehead atoms. The predicted octanol–water partition coefficient (Wildman–Crippen LogP) is 1.10. The Balaban J connectivity index is 2.69. The van der Waals surface area contributed by atoms with Gasteiger partial charge in [-0.2, -0.15) is 0 Å². The number of anilines is 1. The summed E-state index contributed by atoms with van der Waals surface area (Å²) < 4.78 is 4.28. The van der Waals surface area contributed by atoms with Gasteiger partial charge in [-0.25, -0.2) is 9.78 Å². The maximum atomic E-state index is 10.6. The van der Waals surface area contributed by atoms with E-state index in [0.29, 0.717) is 0 Å². The molecule has 0 atom stereocenters. The number of hydrogen-bond acceptors (Lipinski definition) is 4. The van der Waals surface area contributed by atoms with Crippen molar-refractivity contribution in [1.82, 2.24) is 4.98 Å². The van der Waals surface area contributed by atoms with Crippen molar-refractivity contribution in [3.63, 3.8) is 0 Å². The second kappa shape index (κ2) is 3.57. The number of aromatic nitrogens is 1. The van der Waals surface area contributed by atoms with E-state index in [4.69, 9.17) is 0 Å². The molecule has 0 spiro atoms. The number of nitro groups is 1. The van der Waals surface area contributed by atoms with Crippen molar-refractivity contribution in [3.8, 4) is 0 Å². The Labute approximate surface area is 72.8 Å². The van der Waals surface area contributed by atoms with Gasteiger partial charge in [0.2, 0.25) is 5.82 Å². The Bertz CT molecular complexity index is 332. The van der Waals surface area contributed by atoms with Crippen molar-refractivity contribution in [2.75, 3.05) is 12.4 Å². The van der Waals surface area contributed by atoms with E-state index in [0.717, 1.165) is 0 Å². The number of carbonyl (C=O) groups excluding carboxylic acids is 1. The minimum absolute atomic E-state index is 0.189. The summed E-state index contributed by atoms with van der Waals surface area (Å²) in [6.07, 6.45) is -0.684. The number of amides is 1. The molecule has 0 aromatic carbocycles. The Morgan fingerprint density at radius 3 is 2.85 bits per heavy atom. The molecule has 0 fully saturated rings. The highest BCUT2D eigenvalue weighted by atomic mass is 16.6. The van der Waals surface area contributed by atoms with Gasteiger partial charge in [0.25, 0.3) is 0 Å². The molecule has 7 heteroatoms. The predicted molar refractivity (Wildman–Crippen MR) is 43.5 cm³/mol. The van der Waals surface area contributed by atoms with Gasteiger partial charge in [0.15, 0.2) is 0 Å². The van der Waals surface area contributed by atoms with Crippen LogP contribution in [0.5, 0.6) is 0 Å². The third-order valence-corrected chi connectivity index (χ3v) is 1.29. The fraction of sp³-hybridized carbons (Fsp3) is 0.167. The summed E-state index contributed by atoms with van der Waals surface area (Å²) in [6.45, 7) is 0. The van der Waals surface area contributed by atoms with Crippen LogP contribution >= 0.6 is 0 Å². The Morgan fingerprint density at radius 1 is 1.69 bits per heavy atom. The second-order valence-corrected chi connectivity index (χ2v) is 2.13. The first-order valence-electron chi connectivity index (χ1n) is 3.32. The zero-order valence-electron chi connectivity index (χ0n) is 6.73. The van der Waals surface area contributed by atoms with Crippen LogP contribution in [0, 0.1) is 10.1 Å². The first-order valence-corrected chi connectivity index (χ1v) is 3.32. The molecule has 0 unspecified atom stereocenters. The summed E-state index contributed by atoms with van der Waals surface area (Å²) in [5, 5.41) is 12.4. The first-order chi connectivity index (χ1) is 6.13. The van der Waals surface area contributed by atoms with E-state index in [1.165, 1.54) is 19.2 Å². The minimum Gasteiger partial charge on any atom is -0.453 e. The maximum Gasteiger partial charge on any atom is 0.414 e. The Kier molecular flexibility index (Phi) is 2.48. The number of ether oxygens (including phenoxy) is 1. The number of methoxy groups -OCH3 is 1. The van der Waals surface area contributed by atoms with Crippen molar-refractivity contribution < 1.29 is 14.5 Å². The lowest BCUT2D eigenvalue weighted by atomic mass is 10.6. The van der Waals surface area contributed by atoms with Crippen molar-refractivity contribution in [3.05, 3.63) is 22.2 Å². The molecular weight excluding hydrogens is 178 g/mol. The van der Waals surface area contributed by atoms with Gasteiger partial charge >= 0.3 is 11.9 Å². The Hall–Kier alpha value is -2.05. The van der Waals surface area contributed by atoms with Crippen molar-refractivity contribution in [2.24, 2.45) is 0 Å². The summed E-state index contributed by atoms with van der Waals surface area (Å²) in [7, 11) is 1.20. The average molecular weight is 185 g/mol. The molecule has 7 nitrogen and oxygen atoms in total. The molecule has 1 rings (SSSR count). The number of carbonyl (C=O) groups is 1. The SMILES string of the molecule is COC(=O)Nc1ccc([N+](=O)[O-])[nH]1. The highest BCUT2D eigenvalue weighted by molar-refractivity contribution is 5.83. The largest absolute Gasteiger partial charge is 0.453 e. The molecular formula is C6H7N3O4. The molecule has 1 aromatic heterocycles. The van der Waals surface area contributed by atoms with E-state index in [-0.39, 0.29) is 11.6 Å². The zero-order valence-corrected chi connectivity index (χ0v) is 6.73. The molecule has 0 radical (unpaired) electrons. The van der Waals surface area contributed by atoms with Gasteiger partial charge in [-0.1, -0.05) is 0 Å². The van der Waals surface area contributed by atoms with Crippen LogP contribution in [0.15, 0.2) is 12.1 Å². The van der Waals surface area contributed by atoms with Gasteiger partial charge in [-0.3, -0.25) is 5.32 Å². The van der Waals surface area contributed by atoms with Crippen molar-refractivity contribution in [1.29, 1.82) is 0 Å². The summed E-state index contributed by atoms with van der Waals surface area (Å²) in [4.78, 5) is 22.6. The number of nitrogens with zero attached hydrogens (tertiary/aromatic N) is 1. The topological polar surface area (TPSA) is 97.3 Å². The van der Waals surface area contributed by atoms with E-state index < -0.39 is 11.0 Å². The molecule has 0 saturated heterocycles. The fourth-order valence-electron chi connectivity index (χ4n) is 0.724. The molecule has 1 amide bonds. The number of rotatable bonds is 2. The highest BCUT2D eigenvalue weighted by Crippen LogP contribution is 2.13. The molecule has 0 saturated carbocycles. The fourth-order valence-corrected chi connectivity index (χ4v) is 0.724. The van der Waals surface area contributed by atoms with Crippen molar-refractivity contribution in [2.45, 2.75) is 0 Å². The summed E-state index contributed by atoms with van der Waals surface area (Å²) in [6, 6.07) is 2.61. The molecule has 13 heavy (non-hydrogen) atoms. The zero-order chi connectivity index (χ0) is 9.84. The van der Waals surface area contributed by atoms with Gasteiger partial charge in [0, 0.05) is 12.1 Å². The normalized spacial score (nSPS) is 9.31. The molecule has 0 aliphatic heterocycles. The third-order valence-electron chi connectivity index (χ3n) is 1.29. The van der Waals surface area contributed by atoms with E-state index in [1.54, 1.807) is 0 Å². The molecule has 0 aliphatic rings. The molecule has 0 aliphatic carbocycles. The molecule has 2 N–H and O–H groups in total. The quantitative estimate of drug-likeness (QED) is 0.532. The summed E-state index contributed by atoms with van der Waals surface area (Å²) in [5.74, 6) is 0.0324. The van der Waals surface area contributed by atoms with Crippen LogP contribution < -0.4 is 5.32 Å². The molecule has 1 aromatic rings. The summed E-state index contributed by atoms with van der Waals surface area (Å²) in [5.41, 5.74) is 0. The standard InChI is InChI=1S/C6H7N3O4/c1-13-6(10)8-4-2-3-5(7-4)9(11)12/h2-3,7H,1H3,(H,8,10). The van der Waals surface area contributed by atoms with E-state index >= 15 is 0 Å². The van der Waals surface area contributed by atoms with Crippen LogP contribution in [0.2, 0.25) is 0 Å². The number of H-pyrrole nitrogens is 1. The van der Waals surface area contributed by atoms with Crippen LogP contribution in [-0.4, -0.2) is 23.1 Å². The lowest BCUT2D eigenvalue weighted by molar-refractivity contribution is -0.389. The number of hydrogen-bond donors (Lipinski definition) is 2. The lowest BCUT2D eigenvalue weighted by Crippen LogP contribution is -2.11. The molecule has 1 heterocycles. The van der Waals surface area contributed by atoms with Gasteiger partial charge in [-0.15, -0.1) is 0 Å². The molecule has 70 valence electrons. The van der Waals surface area contributed by atoms with Crippen LogP contribution in [-0.2, 0) is 4.74 Å². The maximum absolute atomic E-state index is 10.6. The van der Waals surface area contributed by atoms with Gasteiger partial charge < -0.3 is 14.9 Å².